The number of benzene rings is 1. The van der Waals surface area contributed by atoms with Gasteiger partial charge in [0.15, 0.2) is 0 Å². The van der Waals surface area contributed by atoms with Crippen LogP contribution in [0.4, 0.5) is 0 Å². The van der Waals surface area contributed by atoms with Gasteiger partial charge in [-0.1, -0.05) is 55.8 Å². The lowest BCUT2D eigenvalue weighted by Crippen LogP contribution is -1.84. The van der Waals surface area contributed by atoms with Gasteiger partial charge in [0.25, 0.3) is 0 Å². The van der Waals surface area contributed by atoms with Crippen LogP contribution in [0.2, 0.25) is 0 Å². The fraction of sp³-hybridized carbons (Fsp3) is 0.353. The van der Waals surface area contributed by atoms with Crippen molar-refractivity contribution in [1.29, 1.82) is 0 Å². The van der Waals surface area contributed by atoms with E-state index < -0.39 is 0 Å². The van der Waals surface area contributed by atoms with E-state index in [0.29, 0.717) is 0 Å². The first-order valence-electron chi connectivity index (χ1n) is 6.42. The Morgan fingerprint density at radius 3 is 2.53 bits per heavy atom. The number of unbranched alkanes of at least 4 members (excludes halogenated alkanes) is 1. The molecule has 0 saturated carbocycles. The van der Waals surface area contributed by atoms with E-state index in [1.807, 2.05) is 6.92 Å². The molecule has 1 aromatic carbocycles. The monoisotopic (exact) mass is 226 g/mol. The van der Waals surface area contributed by atoms with E-state index in [2.05, 4.69) is 62.1 Å². The Labute approximate surface area is 105 Å². The molecule has 17 heavy (non-hydrogen) atoms. The number of hydrogen-bond donors (Lipinski definition) is 0. The maximum Gasteiger partial charge on any atom is 0.00148 e. The Bertz CT molecular complexity index is 415. The normalized spacial score (nSPS) is 10.3. The van der Waals surface area contributed by atoms with Crippen molar-refractivity contribution >= 4 is 5.57 Å². The van der Waals surface area contributed by atoms with Crippen molar-refractivity contribution in [3.63, 3.8) is 0 Å². The Hall–Kier alpha value is -1.52. The molecule has 0 atom stereocenters. The van der Waals surface area contributed by atoms with Crippen LogP contribution >= 0.6 is 0 Å². The van der Waals surface area contributed by atoms with Crippen LogP contribution in [0.15, 0.2) is 53.8 Å². The van der Waals surface area contributed by atoms with Gasteiger partial charge in [-0.3, -0.25) is 0 Å². The van der Waals surface area contributed by atoms with Gasteiger partial charge in [0.2, 0.25) is 0 Å². The molecule has 0 aliphatic carbocycles. The molecule has 1 rings (SSSR count). The largest absolute Gasteiger partial charge is 0.114 e. The van der Waals surface area contributed by atoms with Gasteiger partial charge in [0, 0.05) is 5.57 Å². The minimum absolute atomic E-state index is 1.11. The second-order valence-corrected chi connectivity index (χ2v) is 4.26. The summed E-state index contributed by atoms with van der Waals surface area (Å²) in [5.74, 6) is 0. The highest BCUT2D eigenvalue weighted by molar-refractivity contribution is 5.65. The molecule has 0 saturated heterocycles. The zero-order valence-electron chi connectivity index (χ0n) is 11.2. The summed E-state index contributed by atoms with van der Waals surface area (Å²) in [6, 6.07) is 10.6. The van der Waals surface area contributed by atoms with Gasteiger partial charge >= 0.3 is 0 Å². The molecular formula is C17H22. The van der Waals surface area contributed by atoms with Crippen LogP contribution in [-0.4, -0.2) is 0 Å². The van der Waals surface area contributed by atoms with Crippen LogP contribution in [0.1, 0.15) is 45.6 Å². The molecule has 0 radical (unpaired) electrons. The molecule has 0 amide bonds. The van der Waals surface area contributed by atoms with Crippen molar-refractivity contribution in [3.05, 3.63) is 59.4 Å². The van der Waals surface area contributed by atoms with Gasteiger partial charge in [-0.2, -0.15) is 0 Å². The first kappa shape index (κ1) is 13.5. The van der Waals surface area contributed by atoms with Gasteiger partial charge in [-0.05, 0) is 37.8 Å². The molecule has 0 heterocycles. The quantitative estimate of drug-likeness (QED) is 0.467. The third-order valence-electron chi connectivity index (χ3n) is 2.67. The van der Waals surface area contributed by atoms with Crippen LogP contribution in [0.25, 0.3) is 5.57 Å². The van der Waals surface area contributed by atoms with Gasteiger partial charge in [0.05, 0.1) is 0 Å². The molecule has 0 aliphatic heterocycles. The maximum absolute atomic E-state index is 3.52. The fourth-order valence-electron chi connectivity index (χ4n) is 1.80. The predicted octanol–water partition coefficient (Wildman–Crippen LogP) is 5.38. The lowest BCUT2D eigenvalue weighted by Gasteiger charge is -2.04. The topological polar surface area (TPSA) is 0 Å². The van der Waals surface area contributed by atoms with Gasteiger partial charge in [-0.15, -0.1) is 5.73 Å². The molecular weight excluding hydrogens is 204 g/mol. The van der Waals surface area contributed by atoms with Gasteiger partial charge < -0.3 is 0 Å². The summed E-state index contributed by atoms with van der Waals surface area (Å²) in [7, 11) is 0. The molecule has 0 fully saturated rings. The zero-order chi connectivity index (χ0) is 12.5. The Morgan fingerprint density at radius 1 is 1.24 bits per heavy atom. The summed E-state index contributed by atoms with van der Waals surface area (Å²) in [6.07, 6.45) is 7.72. The van der Waals surface area contributed by atoms with E-state index in [-0.39, 0.29) is 0 Å². The van der Waals surface area contributed by atoms with E-state index in [1.54, 1.807) is 0 Å². The van der Waals surface area contributed by atoms with E-state index in [9.17, 15) is 0 Å². The summed E-state index contributed by atoms with van der Waals surface area (Å²) < 4.78 is 0. The van der Waals surface area contributed by atoms with Crippen LogP contribution in [0.5, 0.6) is 0 Å². The molecule has 90 valence electrons. The Balaban J connectivity index is 3.08. The Kier molecular flexibility index (Phi) is 6.14. The van der Waals surface area contributed by atoms with Crippen LogP contribution < -0.4 is 0 Å². The molecule has 0 unspecified atom stereocenters. The predicted molar refractivity (Wildman–Crippen MR) is 76.9 cm³/mol. The summed E-state index contributed by atoms with van der Waals surface area (Å²) in [5.41, 5.74) is 7.33. The molecule has 1 aromatic rings. The van der Waals surface area contributed by atoms with Crippen molar-refractivity contribution in [2.75, 3.05) is 0 Å². The van der Waals surface area contributed by atoms with Crippen molar-refractivity contribution in [3.8, 4) is 0 Å². The van der Waals surface area contributed by atoms with Crippen molar-refractivity contribution in [1.82, 2.24) is 0 Å². The Morgan fingerprint density at radius 2 is 1.94 bits per heavy atom. The molecule has 0 aliphatic rings. The number of rotatable bonds is 5. The second-order valence-electron chi connectivity index (χ2n) is 4.26. The lowest BCUT2D eigenvalue weighted by atomic mass is 10.0. The summed E-state index contributed by atoms with van der Waals surface area (Å²) in [6.45, 7) is 6.37. The third-order valence-corrected chi connectivity index (χ3v) is 2.67. The van der Waals surface area contributed by atoms with E-state index >= 15 is 0 Å². The molecule has 0 N–H and O–H groups in total. The van der Waals surface area contributed by atoms with Crippen LogP contribution in [0, 0.1) is 0 Å². The molecule has 0 aromatic heterocycles. The van der Waals surface area contributed by atoms with E-state index in [0.717, 1.165) is 6.42 Å². The summed E-state index contributed by atoms with van der Waals surface area (Å²) >= 11 is 0. The fourth-order valence-corrected chi connectivity index (χ4v) is 1.80. The van der Waals surface area contributed by atoms with E-state index in [1.165, 1.54) is 29.6 Å². The maximum atomic E-state index is 3.52. The molecule has 0 spiro atoms. The molecule has 0 nitrogen and oxygen atoms in total. The molecule has 0 bridgehead atoms. The first-order chi connectivity index (χ1) is 8.27. The lowest BCUT2D eigenvalue weighted by molar-refractivity contribution is 0.824. The van der Waals surface area contributed by atoms with Gasteiger partial charge in [-0.25, -0.2) is 0 Å². The standard InChI is InChI=1S/C17H22/c1-4-6-11-17(14-15(3)10-5-2)16-12-8-7-9-13-16/h5,7-10,12-13H,4,6,11H2,1-3H3/b10-5+. The minimum Gasteiger partial charge on any atom is -0.114 e. The number of allylic oxidation sites excluding steroid dienone is 3. The van der Waals surface area contributed by atoms with E-state index in [4.69, 9.17) is 0 Å². The second kappa shape index (κ2) is 7.70. The first-order valence-corrected chi connectivity index (χ1v) is 6.42. The number of hydrogen-bond acceptors (Lipinski definition) is 0. The highest BCUT2D eigenvalue weighted by atomic mass is 14.0. The van der Waals surface area contributed by atoms with Crippen LogP contribution in [-0.2, 0) is 0 Å². The molecule has 0 heteroatoms. The average Bonchev–Trinajstić information content (AvgIpc) is 2.36. The third kappa shape index (κ3) is 4.89. The SMILES string of the molecule is C/C=C/C(C)=C=C(CCCC)c1ccccc1. The highest BCUT2D eigenvalue weighted by Crippen LogP contribution is 2.20. The highest BCUT2D eigenvalue weighted by Gasteiger charge is 1.99. The smallest absolute Gasteiger partial charge is 0.00148 e. The zero-order valence-corrected chi connectivity index (χ0v) is 11.2. The van der Waals surface area contributed by atoms with Crippen molar-refractivity contribution in [2.24, 2.45) is 0 Å². The van der Waals surface area contributed by atoms with Crippen molar-refractivity contribution < 1.29 is 0 Å². The average molecular weight is 226 g/mol. The minimum atomic E-state index is 1.11. The van der Waals surface area contributed by atoms with Gasteiger partial charge in [0.1, 0.15) is 0 Å². The summed E-state index contributed by atoms with van der Waals surface area (Å²) in [4.78, 5) is 0. The van der Waals surface area contributed by atoms with Crippen LogP contribution in [0.3, 0.4) is 0 Å². The van der Waals surface area contributed by atoms with Crippen molar-refractivity contribution in [2.45, 2.75) is 40.0 Å². The summed E-state index contributed by atoms with van der Waals surface area (Å²) in [5, 5.41) is 0.